The van der Waals surface area contributed by atoms with E-state index in [0.717, 1.165) is 32.2 Å². The molecule has 6 heteroatoms. The van der Waals surface area contributed by atoms with Gasteiger partial charge in [0.05, 0.1) is 0 Å². The van der Waals surface area contributed by atoms with Gasteiger partial charge in [-0.2, -0.15) is 12.7 Å². The second kappa shape index (κ2) is 4.78. The van der Waals surface area contributed by atoms with Crippen LogP contribution in [0.3, 0.4) is 0 Å². The van der Waals surface area contributed by atoms with Gasteiger partial charge >= 0.3 is 0 Å². The Kier molecular flexibility index (Phi) is 3.60. The Bertz CT molecular complexity index is 292. The van der Waals surface area contributed by atoms with Crippen molar-refractivity contribution in [3.63, 3.8) is 0 Å². The van der Waals surface area contributed by atoms with Crippen LogP contribution < -0.4 is 10.0 Å². The molecule has 0 bridgehead atoms. The Morgan fingerprint density at radius 2 is 2.00 bits per heavy atom. The molecule has 2 aliphatic heterocycles. The summed E-state index contributed by atoms with van der Waals surface area (Å²) in [6.45, 7) is 2.88. The Hall–Kier alpha value is -0.170. The van der Waals surface area contributed by atoms with Gasteiger partial charge in [0.2, 0.25) is 0 Å². The van der Waals surface area contributed by atoms with Gasteiger partial charge in [-0.1, -0.05) is 0 Å². The molecule has 1 unspecified atom stereocenters. The van der Waals surface area contributed by atoms with Crippen molar-refractivity contribution in [2.45, 2.75) is 31.7 Å². The van der Waals surface area contributed by atoms with E-state index in [1.807, 2.05) is 0 Å². The molecule has 2 saturated heterocycles. The van der Waals surface area contributed by atoms with Gasteiger partial charge in [-0.25, -0.2) is 4.72 Å². The van der Waals surface area contributed by atoms with Gasteiger partial charge in [0, 0.05) is 25.7 Å². The fourth-order valence-corrected chi connectivity index (χ4v) is 3.49. The predicted octanol–water partition coefficient (Wildman–Crippen LogP) is -0.331. The van der Waals surface area contributed by atoms with Gasteiger partial charge in [0.25, 0.3) is 10.2 Å². The van der Waals surface area contributed by atoms with E-state index in [2.05, 4.69) is 10.0 Å². The van der Waals surface area contributed by atoms with E-state index in [-0.39, 0.29) is 0 Å². The van der Waals surface area contributed by atoms with E-state index >= 15 is 0 Å². The summed E-state index contributed by atoms with van der Waals surface area (Å²) < 4.78 is 27.8. The first-order chi connectivity index (χ1) is 7.18. The highest BCUT2D eigenvalue weighted by atomic mass is 32.2. The van der Waals surface area contributed by atoms with Crippen LogP contribution >= 0.6 is 0 Å². The Balaban J connectivity index is 1.81. The Morgan fingerprint density at radius 3 is 2.60 bits per heavy atom. The predicted molar refractivity (Wildman–Crippen MR) is 58.8 cm³/mol. The maximum atomic E-state index is 11.8. The molecule has 1 atom stereocenters. The van der Waals surface area contributed by atoms with E-state index in [0.29, 0.717) is 25.7 Å². The molecule has 0 aromatic heterocycles. The average molecular weight is 233 g/mol. The van der Waals surface area contributed by atoms with Crippen LogP contribution in [0.4, 0.5) is 0 Å². The highest BCUT2D eigenvalue weighted by molar-refractivity contribution is 7.87. The van der Waals surface area contributed by atoms with Crippen LogP contribution in [-0.4, -0.2) is 44.9 Å². The zero-order chi connectivity index (χ0) is 10.7. The van der Waals surface area contributed by atoms with Crippen LogP contribution in [0.1, 0.15) is 25.7 Å². The molecule has 15 heavy (non-hydrogen) atoms. The molecule has 0 amide bonds. The SMILES string of the molecule is O=S(=O)(NCC1CCCN1)N1CCCC1. The van der Waals surface area contributed by atoms with Crippen LogP contribution in [-0.2, 0) is 10.2 Å². The number of nitrogens with one attached hydrogen (secondary N) is 2. The van der Waals surface area contributed by atoms with E-state index in [1.165, 1.54) is 0 Å². The van der Waals surface area contributed by atoms with Crippen molar-refractivity contribution in [3.05, 3.63) is 0 Å². The molecule has 0 radical (unpaired) electrons. The maximum Gasteiger partial charge on any atom is 0.279 e. The topological polar surface area (TPSA) is 61.4 Å². The monoisotopic (exact) mass is 233 g/mol. The second-order valence-corrected chi connectivity index (χ2v) is 6.01. The Morgan fingerprint density at radius 1 is 1.27 bits per heavy atom. The van der Waals surface area contributed by atoms with Crippen molar-refractivity contribution in [2.75, 3.05) is 26.2 Å². The van der Waals surface area contributed by atoms with Crippen molar-refractivity contribution < 1.29 is 8.42 Å². The standard InChI is InChI=1S/C9H19N3O2S/c13-15(14,12-6-1-2-7-12)11-8-9-4-3-5-10-9/h9-11H,1-8H2. The lowest BCUT2D eigenvalue weighted by Gasteiger charge is -2.18. The van der Waals surface area contributed by atoms with Crippen molar-refractivity contribution in [3.8, 4) is 0 Å². The third-order valence-corrected chi connectivity index (χ3v) is 4.66. The maximum absolute atomic E-state index is 11.8. The van der Waals surface area contributed by atoms with Gasteiger partial charge in [-0.15, -0.1) is 0 Å². The minimum Gasteiger partial charge on any atom is -0.313 e. The highest BCUT2D eigenvalue weighted by Crippen LogP contribution is 2.11. The molecule has 0 aromatic rings. The number of hydrogen-bond donors (Lipinski definition) is 2. The van der Waals surface area contributed by atoms with Crippen molar-refractivity contribution in [1.29, 1.82) is 0 Å². The molecule has 2 fully saturated rings. The summed E-state index contributed by atoms with van der Waals surface area (Å²) in [4.78, 5) is 0. The molecule has 5 nitrogen and oxygen atoms in total. The van der Waals surface area contributed by atoms with Crippen molar-refractivity contribution in [2.24, 2.45) is 0 Å². The lowest BCUT2D eigenvalue weighted by atomic mass is 10.2. The fraction of sp³-hybridized carbons (Fsp3) is 1.00. The van der Waals surface area contributed by atoms with Gasteiger partial charge in [-0.3, -0.25) is 0 Å². The summed E-state index contributed by atoms with van der Waals surface area (Å²) in [5, 5.41) is 3.27. The quantitative estimate of drug-likeness (QED) is 0.699. The summed E-state index contributed by atoms with van der Waals surface area (Å²) >= 11 is 0. The van der Waals surface area contributed by atoms with Gasteiger partial charge in [0.1, 0.15) is 0 Å². The average Bonchev–Trinajstić information content (AvgIpc) is 2.88. The molecule has 2 aliphatic rings. The fourth-order valence-electron chi connectivity index (χ4n) is 2.16. The van der Waals surface area contributed by atoms with E-state index in [4.69, 9.17) is 0 Å². The molecule has 2 rings (SSSR count). The summed E-state index contributed by atoms with van der Waals surface area (Å²) in [7, 11) is -3.20. The first kappa shape index (κ1) is 11.3. The summed E-state index contributed by atoms with van der Waals surface area (Å²) in [6.07, 6.45) is 4.20. The second-order valence-electron chi connectivity index (χ2n) is 4.25. The Labute approximate surface area is 91.4 Å². The third-order valence-electron chi connectivity index (χ3n) is 3.08. The molecule has 0 aromatic carbocycles. The number of hydrogen-bond acceptors (Lipinski definition) is 3. The molecule has 0 aliphatic carbocycles. The molecular formula is C9H19N3O2S. The zero-order valence-corrected chi connectivity index (χ0v) is 9.72. The molecule has 2 heterocycles. The van der Waals surface area contributed by atoms with E-state index in [1.54, 1.807) is 4.31 Å². The lowest BCUT2D eigenvalue weighted by molar-refractivity contribution is 0.458. The number of nitrogens with zero attached hydrogens (tertiary/aromatic N) is 1. The minimum absolute atomic E-state index is 0.322. The van der Waals surface area contributed by atoms with Crippen LogP contribution in [0.15, 0.2) is 0 Å². The van der Waals surface area contributed by atoms with Gasteiger partial charge in [-0.05, 0) is 32.2 Å². The summed E-state index contributed by atoms with van der Waals surface area (Å²) in [5.74, 6) is 0. The summed E-state index contributed by atoms with van der Waals surface area (Å²) in [5.41, 5.74) is 0. The van der Waals surface area contributed by atoms with Crippen LogP contribution in [0, 0.1) is 0 Å². The van der Waals surface area contributed by atoms with Crippen LogP contribution in [0.25, 0.3) is 0 Å². The van der Waals surface area contributed by atoms with E-state index < -0.39 is 10.2 Å². The smallest absolute Gasteiger partial charge is 0.279 e. The largest absolute Gasteiger partial charge is 0.313 e. The van der Waals surface area contributed by atoms with Crippen LogP contribution in [0.5, 0.6) is 0 Å². The highest BCUT2D eigenvalue weighted by Gasteiger charge is 2.26. The third kappa shape index (κ3) is 2.90. The zero-order valence-electron chi connectivity index (χ0n) is 8.91. The normalized spacial score (nSPS) is 28.7. The molecule has 0 spiro atoms. The molecular weight excluding hydrogens is 214 g/mol. The molecule has 2 N–H and O–H groups in total. The first-order valence-corrected chi connectivity index (χ1v) is 7.10. The van der Waals surface area contributed by atoms with Gasteiger partial charge in [0.15, 0.2) is 0 Å². The summed E-state index contributed by atoms with van der Waals surface area (Å²) in [6, 6.07) is 0.322. The van der Waals surface area contributed by atoms with Crippen LogP contribution in [0.2, 0.25) is 0 Å². The molecule has 88 valence electrons. The molecule has 0 saturated carbocycles. The van der Waals surface area contributed by atoms with Gasteiger partial charge < -0.3 is 5.32 Å². The van der Waals surface area contributed by atoms with Crippen molar-refractivity contribution in [1.82, 2.24) is 14.3 Å². The van der Waals surface area contributed by atoms with Crippen molar-refractivity contribution >= 4 is 10.2 Å². The van der Waals surface area contributed by atoms with E-state index in [9.17, 15) is 8.42 Å². The lowest BCUT2D eigenvalue weighted by Crippen LogP contribution is -2.44. The minimum atomic E-state index is -3.20. The first-order valence-electron chi connectivity index (χ1n) is 5.66. The number of rotatable bonds is 4.